The molecule has 0 saturated carbocycles. The molecular formula is C23H21F3N4O3S. The number of rotatable bonds is 8. The van der Waals surface area contributed by atoms with Crippen LogP contribution in [0.15, 0.2) is 53.6 Å². The van der Waals surface area contributed by atoms with Crippen LogP contribution in [0.4, 0.5) is 24.7 Å². The number of nitrogens with zero attached hydrogens (tertiary/aromatic N) is 2. The molecule has 1 amide bonds. The van der Waals surface area contributed by atoms with Gasteiger partial charge in [-0.05, 0) is 48.2 Å². The van der Waals surface area contributed by atoms with Crippen molar-refractivity contribution in [2.24, 2.45) is 0 Å². The number of carboxylic acids is 1. The topological polar surface area (TPSA) is 104 Å². The Kier molecular flexibility index (Phi) is 7.77. The third kappa shape index (κ3) is 6.25. The number of alkyl halides is 3. The van der Waals surface area contributed by atoms with E-state index in [1.165, 1.54) is 11.8 Å². The van der Waals surface area contributed by atoms with Crippen molar-refractivity contribution in [3.05, 3.63) is 76.6 Å². The molecule has 0 saturated heterocycles. The lowest BCUT2D eigenvalue weighted by molar-refractivity contribution is -0.138. The summed E-state index contributed by atoms with van der Waals surface area (Å²) in [6.07, 6.45) is -2.47. The molecule has 178 valence electrons. The number of halogens is 3. The molecular weight excluding hydrogens is 469 g/mol. The molecule has 11 heteroatoms. The lowest BCUT2D eigenvalue weighted by Crippen LogP contribution is -2.13. The summed E-state index contributed by atoms with van der Waals surface area (Å²) in [6.45, 7) is 0. The predicted molar refractivity (Wildman–Crippen MR) is 123 cm³/mol. The van der Waals surface area contributed by atoms with Gasteiger partial charge in [0.05, 0.1) is 12.0 Å². The standard InChI is InChI=1S/C23H21F3N4O3S/c1-27-20-17(12-19(31)32)22(34-2)30-18(29-20)11-13-3-9-16(10-4-13)28-21(33)14-5-7-15(8-6-14)23(24,25)26/h3-10H,11-12H2,1-2H3,(H,28,33)(H,31,32)(H,27,29,30). The Bertz CT molecular complexity index is 1160. The molecule has 1 heterocycles. The highest BCUT2D eigenvalue weighted by Gasteiger charge is 2.30. The van der Waals surface area contributed by atoms with Gasteiger partial charge in [0.15, 0.2) is 0 Å². The van der Waals surface area contributed by atoms with Crippen LogP contribution in [0.25, 0.3) is 0 Å². The minimum absolute atomic E-state index is 0.108. The highest BCUT2D eigenvalue weighted by Crippen LogP contribution is 2.29. The highest BCUT2D eigenvalue weighted by atomic mass is 32.2. The second-order valence-electron chi connectivity index (χ2n) is 7.20. The molecule has 0 bridgehead atoms. The van der Waals surface area contributed by atoms with Crippen molar-refractivity contribution >= 4 is 35.1 Å². The number of hydrogen-bond donors (Lipinski definition) is 3. The van der Waals surface area contributed by atoms with Crippen LogP contribution >= 0.6 is 11.8 Å². The first-order valence-corrected chi connectivity index (χ1v) is 11.2. The minimum atomic E-state index is -4.46. The van der Waals surface area contributed by atoms with Crippen LogP contribution in [0.1, 0.15) is 32.9 Å². The summed E-state index contributed by atoms with van der Waals surface area (Å²) >= 11 is 1.34. The van der Waals surface area contributed by atoms with Crippen molar-refractivity contribution in [2.75, 3.05) is 23.9 Å². The number of aliphatic carboxylic acids is 1. The second kappa shape index (κ2) is 10.6. The zero-order valence-electron chi connectivity index (χ0n) is 18.2. The smallest absolute Gasteiger partial charge is 0.416 e. The van der Waals surface area contributed by atoms with E-state index in [0.29, 0.717) is 34.3 Å². The minimum Gasteiger partial charge on any atom is -0.481 e. The average molecular weight is 491 g/mol. The maximum atomic E-state index is 12.7. The first kappa shape index (κ1) is 25.0. The van der Waals surface area contributed by atoms with Gasteiger partial charge in [-0.15, -0.1) is 11.8 Å². The number of carbonyl (C=O) groups excluding carboxylic acids is 1. The first-order chi connectivity index (χ1) is 16.1. The number of nitrogens with one attached hydrogen (secondary N) is 2. The van der Waals surface area contributed by atoms with E-state index in [1.54, 1.807) is 31.3 Å². The van der Waals surface area contributed by atoms with Crippen LogP contribution in [0.3, 0.4) is 0 Å². The monoisotopic (exact) mass is 490 g/mol. The molecule has 0 aliphatic carbocycles. The van der Waals surface area contributed by atoms with Crippen molar-refractivity contribution in [3.8, 4) is 0 Å². The van der Waals surface area contributed by atoms with E-state index in [1.807, 2.05) is 6.26 Å². The van der Waals surface area contributed by atoms with Crippen LogP contribution in [0.5, 0.6) is 0 Å². The van der Waals surface area contributed by atoms with E-state index in [2.05, 4.69) is 20.6 Å². The van der Waals surface area contributed by atoms with Crippen LogP contribution in [0.2, 0.25) is 0 Å². The molecule has 7 nitrogen and oxygen atoms in total. The zero-order valence-corrected chi connectivity index (χ0v) is 19.0. The zero-order chi connectivity index (χ0) is 24.9. The third-order valence-electron chi connectivity index (χ3n) is 4.82. The summed E-state index contributed by atoms with van der Waals surface area (Å²) in [4.78, 5) is 32.4. The number of aromatic nitrogens is 2. The SMILES string of the molecule is CNc1nc(Cc2ccc(NC(=O)c3ccc(C(F)(F)F)cc3)cc2)nc(SC)c1CC(=O)O. The molecule has 34 heavy (non-hydrogen) atoms. The summed E-state index contributed by atoms with van der Waals surface area (Å²) in [7, 11) is 1.66. The Labute approximate surface area is 197 Å². The Morgan fingerprint density at radius 1 is 1.03 bits per heavy atom. The molecule has 0 aliphatic rings. The van der Waals surface area contributed by atoms with Gasteiger partial charge in [-0.25, -0.2) is 9.97 Å². The van der Waals surface area contributed by atoms with Gasteiger partial charge in [0.1, 0.15) is 16.7 Å². The third-order valence-corrected chi connectivity index (χ3v) is 5.55. The van der Waals surface area contributed by atoms with E-state index in [9.17, 15) is 22.8 Å². The molecule has 3 rings (SSSR count). The fourth-order valence-corrected chi connectivity index (χ4v) is 3.79. The van der Waals surface area contributed by atoms with Crippen molar-refractivity contribution in [3.63, 3.8) is 0 Å². The van der Waals surface area contributed by atoms with Gasteiger partial charge in [0, 0.05) is 30.3 Å². The average Bonchev–Trinajstić information content (AvgIpc) is 2.80. The quantitative estimate of drug-likeness (QED) is 0.310. The number of carboxylic acid groups (broad SMARTS) is 1. The van der Waals surface area contributed by atoms with Crippen LogP contribution < -0.4 is 10.6 Å². The lowest BCUT2D eigenvalue weighted by Gasteiger charge is -2.13. The first-order valence-electron chi connectivity index (χ1n) is 10.0. The Hall–Kier alpha value is -3.60. The lowest BCUT2D eigenvalue weighted by atomic mass is 10.1. The number of benzene rings is 2. The summed E-state index contributed by atoms with van der Waals surface area (Å²) in [5.41, 5.74) is 1.14. The molecule has 0 radical (unpaired) electrons. The molecule has 2 aromatic carbocycles. The van der Waals surface area contributed by atoms with Crippen LogP contribution in [0, 0.1) is 0 Å². The molecule has 0 unspecified atom stereocenters. The molecule has 0 fully saturated rings. The van der Waals surface area contributed by atoms with Crippen molar-refractivity contribution < 1.29 is 27.9 Å². The maximum Gasteiger partial charge on any atom is 0.416 e. The van der Waals surface area contributed by atoms with Gasteiger partial charge in [0.2, 0.25) is 0 Å². The number of thioether (sulfide) groups is 1. The van der Waals surface area contributed by atoms with Gasteiger partial charge in [-0.2, -0.15) is 13.2 Å². The molecule has 0 aliphatic heterocycles. The molecule has 3 aromatic rings. The van der Waals surface area contributed by atoms with E-state index in [4.69, 9.17) is 5.11 Å². The summed E-state index contributed by atoms with van der Waals surface area (Å²) < 4.78 is 38.0. The number of amides is 1. The van der Waals surface area contributed by atoms with Crippen LogP contribution in [-0.2, 0) is 23.8 Å². The number of carbonyl (C=O) groups is 2. The largest absolute Gasteiger partial charge is 0.481 e. The fourth-order valence-electron chi connectivity index (χ4n) is 3.18. The van der Waals surface area contributed by atoms with Crippen molar-refractivity contribution in [1.29, 1.82) is 0 Å². The Balaban J connectivity index is 1.71. The highest BCUT2D eigenvalue weighted by molar-refractivity contribution is 7.98. The Morgan fingerprint density at radius 3 is 2.21 bits per heavy atom. The van der Waals surface area contributed by atoms with E-state index < -0.39 is 23.6 Å². The normalized spacial score (nSPS) is 11.2. The molecule has 0 spiro atoms. The van der Waals surface area contributed by atoms with E-state index >= 15 is 0 Å². The van der Waals surface area contributed by atoms with E-state index in [-0.39, 0.29) is 12.0 Å². The maximum absolute atomic E-state index is 12.7. The van der Waals surface area contributed by atoms with Gasteiger partial charge in [-0.1, -0.05) is 12.1 Å². The summed E-state index contributed by atoms with van der Waals surface area (Å²) in [6, 6.07) is 10.9. The predicted octanol–water partition coefficient (Wildman–Crippen LogP) is 4.73. The molecule has 1 aromatic heterocycles. The Morgan fingerprint density at radius 2 is 1.68 bits per heavy atom. The summed E-state index contributed by atoms with van der Waals surface area (Å²) in [5.74, 6) is -0.541. The summed E-state index contributed by atoms with van der Waals surface area (Å²) in [5, 5.41) is 15.3. The van der Waals surface area contributed by atoms with Crippen LogP contribution in [-0.4, -0.2) is 40.3 Å². The molecule has 3 N–H and O–H groups in total. The number of hydrogen-bond acceptors (Lipinski definition) is 6. The second-order valence-corrected chi connectivity index (χ2v) is 7.99. The van der Waals surface area contributed by atoms with Gasteiger partial charge in [-0.3, -0.25) is 9.59 Å². The van der Waals surface area contributed by atoms with Crippen molar-refractivity contribution in [1.82, 2.24) is 9.97 Å². The number of anilines is 2. The van der Waals surface area contributed by atoms with Gasteiger partial charge in [0.25, 0.3) is 5.91 Å². The van der Waals surface area contributed by atoms with Crippen molar-refractivity contribution in [2.45, 2.75) is 24.0 Å². The van der Waals surface area contributed by atoms with E-state index in [0.717, 1.165) is 29.8 Å². The van der Waals surface area contributed by atoms with Gasteiger partial charge >= 0.3 is 12.1 Å². The fraction of sp³-hybridized carbons (Fsp3) is 0.217. The van der Waals surface area contributed by atoms with Gasteiger partial charge < -0.3 is 15.7 Å². The molecule has 0 atom stereocenters.